The zero-order chi connectivity index (χ0) is 20.1. The molecule has 0 unspecified atom stereocenters. The summed E-state index contributed by atoms with van der Waals surface area (Å²) in [5.74, 6) is 1.39. The Kier molecular flexibility index (Phi) is 6.18. The van der Waals surface area contributed by atoms with E-state index in [1.165, 1.54) is 0 Å². The second-order valence-corrected chi connectivity index (χ2v) is 6.73. The molecule has 150 valence electrons. The number of aromatic nitrogens is 1. The predicted molar refractivity (Wildman–Crippen MR) is 103 cm³/mol. The van der Waals surface area contributed by atoms with Gasteiger partial charge in [0, 0.05) is 38.3 Å². The van der Waals surface area contributed by atoms with Crippen molar-refractivity contribution in [2.45, 2.75) is 27.4 Å². The van der Waals surface area contributed by atoms with Crippen molar-refractivity contribution < 1.29 is 18.8 Å². The normalized spacial score (nSPS) is 14.1. The van der Waals surface area contributed by atoms with E-state index in [0.717, 1.165) is 17.0 Å². The van der Waals surface area contributed by atoms with E-state index in [1.807, 2.05) is 20.8 Å². The van der Waals surface area contributed by atoms with Gasteiger partial charge in [-0.3, -0.25) is 4.79 Å². The highest BCUT2D eigenvalue weighted by atomic mass is 16.5. The van der Waals surface area contributed by atoms with E-state index in [0.29, 0.717) is 50.6 Å². The minimum Gasteiger partial charge on any atom is -0.489 e. The summed E-state index contributed by atoms with van der Waals surface area (Å²) in [5.41, 5.74) is 2.36. The molecule has 1 aliphatic heterocycles. The lowest BCUT2D eigenvalue weighted by atomic mass is 10.1. The molecular formula is C20H26N4O4. The fraction of sp³-hybridized carbons (Fsp3) is 0.450. The van der Waals surface area contributed by atoms with Gasteiger partial charge in [0.25, 0.3) is 5.91 Å². The quantitative estimate of drug-likeness (QED) is 0.852. The zero-order valence-electron chi connectivity index (χ0n) is 16.5. The number of nitrogens with zero attached hydrogens (tertiary/aromatic N) is 3. The number of benzene rings is 1. The van der Waals surface area contributed by atoms with Crippen molar-refractivity contribution in [3.63, 3.8) is 0 Å². The van der Waals surface area contributed by atoms with Crippen LogP contribution in [0, 0.1) is 13.8 Å². The van der Waals surface area contributed by atoms with Gasteiger partial charge in [0.15, 0.2) is 0 Å². The maximum Gasteiger partial charge on any atom is 0.317 e. The van der Waals surface area contributed by atoms with Crippen LogP contribution in [0.3, 0.4) is 0 Å². The third-order valence-corrected chi connectivity index (χ3v) is 4.85. The molecule has 8 heteroatoms. The van der Waals surface area contributed by atoms with E-state index in [9.17, 15) is 9.59 Å². The molecule has 8 nitrogen and oxygen atoms in total. The molecule has 1 aliphatic rings. The first-order chi connectivity index (χ1) is 13.5. The minimum atomic E-state index is -0.0746. The molecule has 3 rings (SSSR count). The number of hydrogen-bond acceptors (Lipinski definition) is 5. The predicted octanol–water partition coefficient (Wildman–Crippen LogP) is 2.36. The number of hydrogen-bond donors (Lipinski definition) is 1. The van der Waals surface area contributed by atoms with E-state index >= 15 is 0 Å². The molecule has 0 spiro atoms. The maximum absolute atomic E-state index is 12.7. The van der Waals surface area contributed by atoms with Crippen LogP contribution in [0.15, 0.2) is 28.8 Å². The van der Waals surface area contributed by atoms with Gasteiger partial charge in [-0.25, -0.2) is 4.79 Å². The number of amides is 3. The molecule has 1 aromatic heterocycles. The van der Waals surface area contributed by atoms with Gasteiger partial charge in [-0.05, 0) is 45.0 Å². The Labute approximate surface area is 164 Å². The Morgan fingerprint density at radius 2 is 1.75 bits per heavy atom. The average Bonchev–Trinajstić information content (AvgIpc) is 3.04. The second-order valence-electron chi connectivity index (χ2n) is 6.73. The van der Waals surface area contributed by atoms with Gasteiger partial charge < -0.3 is 24.4 Å². The Hall–Kier alpha value is -3.03. The van der Waals surface area contributed by atoms with Crippen LogP contribution in [-0.2, 0) is 6.61 Å². The van der Waals surface area contributed by atoms with Gasteiger partial charge in [0.2, 0.25) is 0 Å². The fourth-order valence-electron chi connectivity index (χ4n) is 3.12. The molecule has 0 saturated carbocycles. The number of carbonyl (C=O) groups is 2. The lowest BCUT2D eigenvalue weighted by Gasteiger charge is -2.34. The molecular weight excluding hydrogens is 360 g/mol. The Bertz CT molecular complexity index is 804. The molecule has 1 fully saturated rings. The van der Waals surface area contributed by atoms with Crippen LogP contribution in [-0.4, -0.2) is 59.6 Å². The highest BCUT2D eigenvalue weighted by Gasteiger charge is 2.24. The number of aryl methyl sites for hydroxylation is 2. The van der Waals surface area contributed by atoms with Gasteiger partial charge in [0.1, 0.15) is 18.1 Å². The zero-order valence-corrected chi connectivity index (χ0v) is 16.5. The van der Waals surface area contributed by atoms with Crippen LogP contribution in [0.1, 0.15) is 34.3 Å². The van der Waals surface area contributed by atoms with E-state index in [2.05, 4.69) is 10.5 Å². The molecule has 0 atom stereocenters. The van der Waals surface area contributed by atoms with E-state index in [-0.39, 0.29) is 11.9 Å². The lowest BCUT2D eigenvalue weighted by molar-refractivity contribution is 0.0665. The van der Waals surface area contributed by atoms with Gasteiger partial charge >= 0.3 is 6.03 Å². The van der Waals surface area contributed by atoms with Crippen LogP contribution in [0.25, 0.3) is 0 Å². The Morgan fingerprint density at radius 1 is 1.11 bits per heavy atom. The van der Waals surface area contributed by atoms with Crippen molar-refractivity contribution in [3.05, 3.63) is 46.8 Å². The SMILES string of the molecule is CCNC(=O)N1CCN(C(=O)c2ccc(OCc3c(C)noc3C)cc2)CC1. The van der Waals surface area contributed by atoms with Crippen LogP contribution in [0.4, 0.5) is 4.79 Å². The largest absolute Gasteiger partial charge is 0.489 e. The number of piperazine rings is 1. The summed E-state index contributed by atoms with van der Waals surface area (Å²) in [7, 11) is 0. The first kappa shape index (κ1) is 19.7. The average molecular weight is 386 g/mol. The lowest BCUT2D eigenvalue weighted by Crippen LogP contribution is -2.53. The summed E-state index contributed by atoms with van der Waals surface area (Å²) in [6.07, 6.45) is 0. The fourth-order valence-corrected chi connectivity index (χ4v) is 3.12. The maximum atomic E-state index is 12.7. The van der Waals surface area contributed by atoms with Crippen molar-refractivity contribution in [2.24, 2.45) is 0 Å². The van der Waals surface area contributed by atoms with Crippen LogP contribution in [0.5, 0.6) is 5.75 Å². The van der Waals surface area contributed by atoms with E-state index in [4.69, 9.17) is 9.26 Å². The van der Waals surface area contributed by atoms with Gasteiger partial charge in [-0.1, -0.05) is 5.16 Å². The van der Waals surface area contributed by atoms with Crippen molar-refractivity contribution in [1.29, 1.82) is 0 Å². The molecule has 2 heterocycles. The Morgan fingerprint density at radius 3 is 2.32 bits per heavy atom. The van der Waals surface area contributed by atoms with Gasteiger partial charge in [-0.15, -0.1) is 0 Å². The first-order valence-corrected chi connectivity index (χ1v) is 9.46. The molecule has 0 aliphatic carbocycles. The smallest absolute Gasteiger partial charge is 0.317 e. The molecule has 28 heavy (non-hydrogen) atoms. The van der Waals surface area contributed by atoms with Crippen LogP contribution in [0.2, 0.25) is 0 Å². The molecule has 1 aromatic carbocycles. The molecule has 0 bridgehead atoms. The van der Waals surface area contributed by atoms with Gasteiger partial charge in [0.05, 0.1) is 11.3 Å². The topological polar surface area (TPSA) is 87.9 Å². The number of ether oxygens (including phenoxy) is 1. The Balaban J connectivity index is 1.53. The summed E-state index contributed by atoms with van der Waals surface area (Å²) in [6, 6.07) is 7.03. The third-order valence-electron chi connectivity index (χ3n) is 4.85. The molecule has 3 amide bonds. The number of urea groups is 1. The molecule has 1 saturated heterocycles. The summed E-state index contributed by atoms with van der Waals surface area (Å²) >= 11 is 0. The summed E-state index contributed by atoms with van der Waals surface area (Å²) < 4.78 is 10.9. The standard InChI is InChI=1S/C20H26N4O4/c1-4-21-20(26)24-11-9-23(10-12-24)19(25)16-5-7-17(8-6-16)27-13-18-14(2)22-28-15(18)3/h5-8H,4,9-13H2,1-3H3,(H,21,26). The summed E-state index contributed by atoms with van der Waals surface area (Å²) in [6.45, 7) is 8.72. The van der Waals surface area contributed by atoms with Crippen LogP contribution >= 0.6 is 0 Å². The number of rotatable bonds is 5. The minimum absolute atomic E-state index is 0.0344. The number of nitrogens with one attached hydrogen (secondary N) is 1. The molecule has 1 N–H and O–H groups in total. The van der Waals surface area contributed by atoms with E-state index < -0.39 is 0 Å². The van der Waals surface area contributed by atoms with Crippen molar-refractivity contribution in [2.75, 3.05) is 32.7 Å². The van der Waals surface area contributed by atoms with Crippen molar-refractivity contribution in [1.82, 2.24) is 20.3 Å². The molecule has 0 radical (unpaired) electrons. The summed E-state index contributed by atoms with van der Waals surface area (Å²) in [5, 5.41) is 6.70. The number of carbonyl (C=O) groups excluding carboxylic acids is 2. The first-order valence-electron chi connectivity index (χ1n) is 9.46. The molecule has 2 aromatic rings. The van der Waals surface area contributed by atoms with Crippen molar-refractivity contribution in [3.8, 4) is 5.75 Å². The summed E-state index contributed by atoms with van der Waals surface area (Å²) in [4.78, 5) is 28.1. The van der Waals surface area contributed by atoms with Gasteiger partial charge in [-0.2, -0.15) is 0 Å². The highest BCUT2D eigenvalue weighted by Crippen LogP contribution is 2.19. The second kappa shape index (κ2) is 8.77. The van der Waals surface area contributed by atoms with Crippen LogP contribution < -0.4 is 10.1 Å². The van der Waals surface area contributed by atoms with E-state index in [1.54, 1.807) is 34.1 Å². The van der Waals surface area contributed by atoms with Crippen molar-refractivity contribution >= 4 is 11.9 Å². The monoisotopic (exact) mass is 386 g/mol. The third kappa shape index (κ3) is 4.44. The highest BCUT2D eigenvalue weighted by molar-refractivity contribution is 5.94.